The second kappa shape index (κ2) is 5.80. The number of hydrogen-bond donors (Lipinski definition) is 1. The number of nitrogens with two attached hydrogens (primary N) is 1. The summed E-state index contributed by atoms with van der Waals surface area (Å²) < 4.78 is 0. The van der Waals surface area contributed by atoms with Gasteiger partial charge in [0.05, 0.1) is 0 Å². The zero-order valence-electron chi connectivity index (χ0n) is 7.39. The summed E-state index contributed by atoms with van der Waals surface area (Å²) in [6, 6.07) is 8.03. The molecule has 0 fully saturated rings. The zero-order chi connectivity index (χ0) is 9.52. The van der Waals surface area contributed by atoms with E-state index in [0.29, 0.717) is 6.54 Å². The summed E-state index contributed by atoms with van der Waals surface area (Å²) in [6.07, 6.45) is 0.888. The van der Waals surface area contributed by atoms with Crippen molar-refractivity contribution in [2.24, 2.45) is 5.73 Å². The normalized spacial score (nSPS) is 9.08. The predicted molar refractivity (Wildman–Crippen MR) is 59.6 cm³/mol. The molecule has 2 N–H and O–H groups in total. The van der Waals surface area contributed by atoms with Gasteiger partial charge in [0.2, 0.25) is 0 Å². The van der Waals surface area contributed by atoms with E-state index >= 15 is 0 Å². The van der Waals surface area contributed by atoms with Crippen LogP contribution in [-0.2, 0) is 6.54 Å². The van der Waals surface area contributed by atoms with Crippen LogP contribution in [0.15, 0.2) is 24.3 Å². The van der Waals surface area contributed by atoms with Crippen LogP contribution in [0.3, 0.4) is 0 Å². The van der Waals surface area contributed by atoms with Crippen LogP contribution >= 0.6 is 15.9 Å². The second-order valence-corrected chi connectivity index (χ2v) is 3.43. The van der Waals surface area contributed by atoms with Crippen LogP contribution in [0.5, 0.6) is 0 Å². The predicted octanol–water partition coefficient (Wildman–Crippen LogP) is 2.28. The number of benzene rings is 1. The fourth-order valence-corrected chi connectivity index (χ4v) is 1.13. The van der Waals surface area contributed by atoms with Gasteiger partial charge >= 0.3 is 0 Å². The monoisotopic (exact) mass is 237 g/mol. The lowest BCUT2D eigenvalue weighted by Crippen LogP contribution is -1.95. The van der Waals surface area contributed by atoms with Crippen molar-refractivity contribution in [2.75, 3.05) is 5.33 Å². The number of rotatable bonds is 2. The first-order valence-electron chi connectivity index (χ1n) is 4.20. The fraction of sp³-hybridized carbons (Fsp3) is 0.273. The van der Waals surface area contributed by atoms with Gasteiger partial charge in [0, 0.05) is 23.9 Å². The Kier molecular flexibility index (Phi) is 4.59. The van der Waals surface area contributed by atoms with E-state index in [1.54, 1.807) is 0 Å². The molecule has 0 aliphatic rings. The van der Waals surface area contributed by atoms with Crippen LogP contribution in [-0.4, -0.2) is 5.33 Å². The van der Waals surface area contributed by atoms with Crippen molar-refractivity contribution in [3.63, 3.8) is 0 Å². The molecular weight excluding hydrogens is 226 g/mol. The van der Waals surface area contributed by atoms with E-state index in [1.807, 2.05) is 24.3 Å². The minimum Gasteiger partial charge on any atom is -0.326 e. The molecule has 0 aliphatic heterocycles. The van der Waals surface area contributed by atoms with Crippen LogP contribution in [0.1, 0.15) is 17.5 Å². The van der Waals surface area contributed by atoms with Crippen molar-refractivity contribution >= 4 is 15.9 Å². The maximum atomic E-state index is 5.48. The van der Waals surface area contributed by atoms with Gasteiger partial charge in [-0.25, -0.2) is 0 Å². The van der Waals surface area contributed by atoms with E-state index in [1.165, 1.54) is 0 Å². The van der Waals surface area contributed by atoms with Crippen molar-refractivity contribution in [1.82, 2.24) is 0 Å². The quantitative estimate of drug-likeness (QED) is 0.620. The zero-order valence-corrected chi connectivity index (χ0v) is 8.97. The summed E-state index contributed by atoms with van der Waals surface area (Å²) >= 11 is 3.33. The minimum absolute atomic E-state index is 0.592. The summed E-state index contributed by atoms with van der Waals surface area (Å²) in [7, 11) is 0. The van der Waals surface area contributed by atoms with Gasteiger partial charge in [-0.3, -0.25) is 0 Å². The summed E-state index contributed by atoms with van der Waals surface area (Å²) in [4.78, 5) is 0. The lowest BCUT2D eigenvalue weighted by atomic mass is 10.1. The van der Waals surface area contributed by atoms with E-state index in [-0.39, 0.29) is 0 Å². The van der Waals surface area contributed by atoms with Crippen LogP contribution in [0, 0.1) is 11.8 Å². The standard InChI is InChI=1S/C11H12BrN/c12-8-2-1-3-10-4-6-11(9-13)7-5-10/h4-7H,2,8-9,13H2. The summed E-state index contributed by atoms with van der Waals surface area (Å²) in [5.74, 6) is 6.14. The molecule has 0 amide bonds. The van der Waals surface area contributed by atoms with E-state index in [0.717, 1.165) is 22.9 Å². The third-order valence-corrected chi connectivity index (χ3v) is 2.04. The molecule has 2 heteroatoms. The highest BCUT2D eigenvalue weighted by atomic mass is 79.9. The molecule has 0 aromatic heterocycles. The first-order valence-corrected chi connectivity index (χ1v) is 5.33. The average molecular weight is 238 g/mol. The molecule has 0 saturated carbocycles. The van der Waals surface area contributed by atoms with Gasteiger partial charge in [0.1, 0.15) is 0 Å². The van der Waals surface area contributed by atoms with Gasteiger partial charge in [-0.2, -0.15) is 0 Å². The molecule has 0 unspecified atom stereocenters. The Morgan fingerprint density at radius 1 is 1.23 bits per heavy atom. The second-order valence-electron chi connectivity index (χ2n) is 2.64. The Bertz CT molecular complexity index is 305. The molecule has 0 spiro atoms. The van der Waals surface area contributed by atoms with Crippen molar-refractivity contribution in [1.29, 1.82) is 0 Å². The fourth-order valence-electron chi connectivity index (χ4n) is 0.936. The van der Waals surface area contributed by atoms with Crippen LogP contribution in [0.4, 0.5) is 0 Å². The molecule has 13 heavy (non-hydrogen) atoms. The van der Waals surface area contributed by atoms with Crippen LogP contribution in [0.25, 0.3) is 0 Å². The van der Waals surface area contributed by atoms with Crippen LogP contribution in [0.2, 0.25) is 0 Å². The van der Waals surface area contributed by atoms with Gasteiger partial charge in [0.15, 0.2) is 0 Å². The maximum Gasteiger partial charge on any atom is 0.0245 e. The SMILES string of the molecule is NCc1ccc(C#CCCBr)cc1. The molecule has 68 valence electrons. The lowest BCUT2D eigenvalue weighted by molar-refractivity contribution is 1.07. The Hall–Kier alpha value is -0.780. The molecule has 1 rings (SSSR count). The van der Waals surface area contributed by atoms with E-state index in [9.17, 15) is 0 Å². The number of hydrogen-bond acceptors (Lipinski definition) is 1. The van der Waals surface area contributed by atoms with Gasteiger partial charge in [-0.05, 0) is 17.7 Å². The molecule has 0 heterocycles. The topological polar surface area (TPSA) is 26.0 Å². The number of alkyl halides is 1. The highest BCUT2D eigenvalue weighted by Gasteiger charge is 1.88. The molecular formula is C11H12BrN. The van der Waals surface area contributed by atoms with Gasteiger partial charge in [-0.15, -0.1) is 0 Å². The van der Waals surface area contributed by atoms with Gasteiger partial charge < -0.3 is 5.73 Å². The Morgan fingerprint density at radius 2 is 1.92 bits per heavy atom. The molecule has 0 atom stereocenters. The molecule has 0 saturated heterocycles. The number of halogens is 1. The molecule has 1 aromatic rings. The third-order valence-electron chi connectivity index (χ3n) is 1.64. The van der Waals surface area contributed by atoms with E-state index in [4.69, 9.17) is 5.73 Å². The maximum absolute atomic E-state index is 5.48. The average Bonchev–Trinajstić information content (AvgIpc) is 2.19. The largest absolute Gasteiger partial charge is 0.326 e. The molecule has 0 aliphatic carbocycles. The van der Waals surface area contributed by atoms with Crippen molar-refractivity contribution in [3.05, 3.63) is 35.4 Å². The summed E-state index contributed by atoms with van der Waals surface area (Å²) in [5.41, 5.74) is 7.68. The van der Waals surface area contributed by atoms with Gasteiger partial charge in [-0.1, -0.05) is 39.9 Å². The smallest absolute Gasteiger partial charge is 0.0245 e. The highest BCUT2D eigenvalue weighted by Crippen LogP contribution is 2.02. The van der Waals surface area contributed by atoms with Crippen LogP contribution < -0.4 is 5.73 Å². The van der Waals surface area contributed by atoms with Crippen molar-refractivity contribution in [2.45, 2.75) is 13.0 Å². The van der Waals surface area contributed by atoms with E-state index < -0.39 is 0 Å². The van der Waals surface area contributed by atoms with Gasteiger partial charge in [0.25, 0.3) is 0 Å². The molecule has 1 aromatic carbocycles. The molecule has 0 bridgehead atoms. The Morgan fingerprint density at radius 3 is 2.46 bits per heavy atom. The van der Waals surface area contributed by atoms with E-state index in [2.05, 4.69) is 27.8 Å². The Labute approximate surface area is 87.5 Å². The molecule has 1 nitrogen and oxygen atoms in total. The van der Waals surface area contributed by atoms with Crippen molar-refractivity contribution in [3.8, 4) is 11.8 Å². The highest BCUT2D eigenvalue weighted by molar-refractivity contribution is 9.09. The minimum atomic E-state index is 0.592. The first kappa shape index (κ1) is 10.3. The lowest BCUT2D eigenvalue weighted by Gasteiger charge is -1.94. The Balaban J connectivity index is 2.65. The van der Waals surface area contributed by atoms with Crippen molar-refractivity contribution < 1.29 is 0 Å². The third kappa shape index (κ3) is 3.63. The molecule has 0 radical (unpaired) electrons. The first-order chi connectivity index (χ1) is 6.36. The summed E-state index contributed by atoms with van der Waals surface area (Å²) in [6.45, 7) is 0.592. The summed E-state index contributed by atoms with van der Waals surface area (Å²) in [5, 5.41) is 0.931.